The van der Waals surface area contributed by atoms with Crippen LogP contribution in [0.15, 0.2) is 23.8 Å². The zero-order chi connectivity index (χ0) is 15.2. The molecule has 0 saturated heterocycles. The highest BCUT2D eigenvalue weighted by Gasteiger charge is 2.20. The second-order valence-electron chi connectivity index (χ2n) is 4.32. The van der Waals surface area contributed by atoms with Crippen LogP contribution in [0.3, 0.4) is 0 Å². The molecule has 0 N–H and O–H groups in total. The predicted molar refractivity (Wildman–Crippen MR) is 74.1 cm³/mol. The van der Waals surface area contributed by atoms with Gasteiger partial charge in [0.25, 0.3) is 0 Å². The molecule has 1 aliphatic heterocycles. The molecule has 0 fully saturated rings. The molecular formula is C15H16O6. The minimum absolute atomic E-state index is 0.0463. The Morgan fingerprint density at radius 3 is 2.81 bits per heavy atom. The van der Waals surface area contributed by atoms with Gasteiger partial charge in [-0.05, 0) is 19.1 Å². The molecule has 0 amide bonds. The maximum atomic E-state index is 11.9. The van der Waals surface area contributed by atoms with Crippen molar-refractivity contribution in [2.24, 2.45) is 0 Å². The van der Waals surface area contributed by atoms with Gasteiger partial charge >= 0.3 is 5.97 Å². The quantitative estimate of drug-likeness (QED) is 0.261. The number of para-hydroxylation sites is 1. The third kappa shape index (κ3) is 3.61. The molecular weight excluding hydrogens is 276 g/mol. The Hall–Kier alpha value is -2.34. The summed E-state index contributed by atoms with van der Waals surface area (Å²) >= 11 is 0. The first-order chi connectivity index (χ1) is 10.1. The molecule has 0 spiro atoms. The zero-order valence-electron chi connectivity index (χ0n) is 11.9. The number of esters is 1. The van der Waals surface area contributed by atoms with Gasteiger partial charge in [0.2, 0.25) is 6.79 Å². The zero-order valence-corrected chi connectivity index (χ0v) is 11.9. The number of methoxy groups -OCH3 is 1. The van der Waals surface area contributed by atoms with Gasteiger partial charge in [-0.25, -0.2) is 4.79 Å². The highest BCUT2D eigenvalue weighted by atomic mass is 16.7. The van der Waals surface area contributed by atoms with E-state index in [1.807, 2.05) is 0 Å². The van der Waals surface area contributed by atoms with Gasteiger partial charge in [0.15, 0.2) is 17.3 Å². The van der Waals surface area contributed by atoms with Crippen LogP contribution >= 0.6 is 0 Å². The molecule has 21 heavy (non-hydrogen) atoms. The monoisotopic (exact) mass is 292 g/mol. The van der Waals surface area contributed by atoms with Crippen molar-refractivity contribution in [2.75, 3.05) is 27.1 Å². The summed E-state index contributed by atoms with van der Waals surface area (Å²) in [5.41, 5.74) is 0.550. The lowest BCUT2D eigenvalue weighted by atomic mass is 10.1. The summed E-state index contributed by atoms with van der Waals surface area (Å²) in [4.78, 5) is 23.6. The predicted octanol–water partition coefficient (Wildman–Crippen LogP) is 1.58. The molecule has 6 nitrogen and oxygen atoms in total. The van der Waals surface area contributed by atoms with Crippen molar-refractivity contribution in [1.82, 2.24) is 0 Å². The normalized spacial score (nSPS) is 13.1. The van der Waals surface area contributed by atoms with Crippen LogP contribution in [0.4, 0.5) is 0 Å². The Morgan fingerprint density at radius 2 is 2.10 bits per heavy atom. The number of hydrogen-bond donors (Lipinski definition) is 0. The van der Waals surface area contributed by atoms with Crippen molar-refractivity contribution in [3.05, 3.63) is 29.3 Å². The van der Waals surface area contributed by atoms with E-state index < -0.39 is 5.97 Å². The van der Waals surface area contributed by atoms with Crippen LogP contribution in [0.25, 0.3) is 6.08 Å². The van der Waals surface area contributed by atoms with Crippen molar-refractivity contribution < 1.29 is 28.5 Å². The van der Waals surface area contributed by atoms with Gasteiger partial charge in [-0.2, -0.15) is 0 Å². The largest absolute Gasteiger partial charge is 0.460 e. The summed E-state index contributed by atoms with van der Waals surface area (Å²) in [6.07, 6.45) is 1.45. The van der Waals surface area contributed by atoms with Crippen molar-refractivity contribution in [3.8, 4) is 11.5 Å². The summed E-state index contributed by atoms with van der Waals surface area (Å²) in [5, 5.41) is 0. The Morgan fingerprint density at radius 1 is 1.29 bits per heavy atom. The molecule has 2 rings (SSSR count). The summed E-state index contributed by atoms with van der Waals surface area (Å²) < 4.78 is 20.4. The van der Waals surface area contributed by atoms with Gasteiger partial charge < -0.3 is 18.9 Å². The van der Waals surface area contributed by atoms with Crippen LogP contribution in [-0.2, 0) is 19.1 Å². The first kappa shape index (κ1) is 15.1. The van der Waals surface area contributed by atoms with E-state index in [0.717, 1.165) is 0 Å². The van der Waals surface area contributed by atoms with E-state index in [-0.39, 0.29) is 31.4 Å². The molecule has 1 aromatic rings. The minimum Gasteiger partial charge on any atom is -0.460 e. The Labute approximate surface area is 122 Å². The van der Waals surface area contributed by atoms with Gasteiger partial charge in [0, 0.05) is 12.7 Å². The fourth-order valence-corrected chi connectivity index (χ4v) is 1.82. The fourth-order valence-electron chi connectivity index (χ4n) is 1.82. The van der Waals surface area contributed by atoms with E-state index in [0.29, 0.717) is 17.1 Å². The lowest BCUT2D eigenvalue weighted by Crippen LogP contribution is -2.16. The lowest BCUT2D eigenvalue weighted by Gasteiger charge is -2.07. The molecule has 1 aliphatic rings. The fraction of sp³-hybridized carbons (Fsp3) is 0.333. The van der Waals surface area contributed by atoms with Crippen molar-refractivity contribution in [3.63, 3.8) is 0 Å². The molecule has 112 valence electrons. The molecule has 0 unspecified atom stereocenters. The number of rotatable bonds is 6. The third-order valence-electron chi connectivity index (χ3n) is 2.85. The summed E-state index contributed by atoms with van der Waals surface area (Å²) in [5.74, 6) is 0.0327. The Bertz CT molecular complexity index is 576. The van der Waals surface area contributed by atoms with Crippen molar-refractivity contribution in [1.29, 1.82) is 0 Å². The molecule has 0 bridgehead atoms. The average molecular weight is 292 g/mol. The number of benzene rings is 1. The van der Waals surface area contributed by atoms with E-state index >= 15 is 0 Å². The molecule has 0 aromatic heterocycles. The smallest absolute Gasteiger partial charge is 0.341 e. The second-order valence-corrected chi connectivity index (χ2v) is 4.32. The van der Waals surface area contributed by atoms with Gasteiger partial charge in [0.05, 0.1) is 6.61 Å². The van der Waals surface area contributed by atoms with Crippen LogP contribution in [0, 0.1) is 0 Å². The number of ether oxygens (including phenoxy) is 4. The molecule has 6 heteroatoms. The number of carbonyl (C=O) groups excluding carboxylic acids is 2. The van der Waals surface area contributed by atoms with E-state index in [9.17, 15) is 9.59 Å². The van der Waals surface area contributed by atoms with Gasteiger partial charge in [-0.3, -0.25) is 4.79 Å². The van der Waals surface area contributed by atoms with Crippen LogP contribution < -0.4 is 9.47 Å². The number of Topliss-reactive ketones (excluding diaryl/α,β-unsaturated/α-hetero) is 1. The maximum Gasteiger partial charge on any atom is 0.341 e. The third-order valence-corrected chi connectivity index (χ3v) is 2.85. The first-order valence-corrected chi connectivity index (χ1v) is 6.40. The molecule has 0 saturated carbocycles. The van der Waals surface area contributed by atoms with E-state index in [1.54, 1.807) is 18.2 Å². The Balaban J connectivity index is 2.24. The van der Waals surface area contributed by atoms with Crippen LogP contribution in [0.1, 0.15) is 12.5 Å². The van der Waals surface area contributed by atoms with E-state index in [4.69, 9.17) is 18.9 Å². The SMILES string of the molecule is COCCOC(=O)C(=Cc1cccc2c1OCO2)C(C)=O. The minimum atomic E-state index is -0.684. The van der Waals surface area contributed by atoms with Crippen LogP contribution in [-0.4, -0.2) is 38.9 Å². The van der Waals surface area contributed by atoms with Crippen molar-refractivity contribution in [2.45, 2.75) is 6.92 Å². The molecule has 0 aliphatic carbocycles. The number of fused-ring (bicyclic) bond motifs is 1. The molecule has 0 atom stereocenters. The number of carbonyl (C=O) groups is 2. The summed E-state index contributed by atoms with van der Waals surface area (Å²) in [7, 11) is 1.50. The van der Waals surface area contributed by atoms with Crippen LogP contribution in [0.2, 0.25) is 0 Å². The number of hydrogen-bond acceptors (Lipinski definition) is 6. The molecule has 1 heterocycles. The van der Waals surface area contributed by atoms with Crippen LogP contribution in [0.5, 0.6) is 11.5 Å². The van der Waals surface area contributed by atoms with Gasteiger partial charge in [0.1, 0.15) is 12.2 Å². The molecule has 0 radical (unpaired) electrons. The summed E-state index contributed by atoms with van der Waals surface area (Å²) in [6, 6.07) is 5.25. The van der Waals surface area contributed by atoms with Gasteiger partial charge in [-0.1, -0.05) is 12.1 Å². The van der Waals surface area contributed by atoms with E-state index in [2.05, 4.69) is 0 Å². The maximum absolute atomic E-state index is 11.9. The van der Waals surface area contributed by atoms with Crippen molar-refractivity contribution >= 4 is 17.8 Å². The standard InChI is InChI=1S/C15H16O6/c1-10(16)12(15(17)19-7-6-18-2)8-11-4-3-5-13-14(11)21-9-20-13/h3-5,8H,6-7,9H2,1-2H3. The highest BCUT2D eigenvalue weighted by molar-refractivity contribution is 6.20. The number of ketones is 1. The second kappa shape index (κ2) is 6.90. The summed E-state index contributed by atoms with van der Waals surface area (Å²) in [6.45, 7) is 1.79. The highest BCUT2D eigenvalue weighted by Crippen LogP contribution is 2.36. The lowest BCUT2D eigenvalue weighted by molar-refractivity contribution is -0.141. The average Bonchev–Trinajstić information content (AvgIpc) is 2.93. The molecule has 1 aromatic carbocycles. The first-order valence-electron chi connectivity index (χ1n) is 6.40. The van der Waals surface area contributed by atoms with Gasteiger partial charge in [-0.15, -0.1) is 0 Å². The topological polar surface area (TPSA) is 71.1 Å². The van der Waals surface area contributed by atoms with E-state index in [1.165, 1.54) is 20.1 Å². The Kier molecular flexibility index (Phi) is 4.94.